The second-order valence-corrected chi connectivity index (χ2v) is 7.23. The number of carbonyl (C=O) groups excluding carboxylic acids is 4. The first-order valence-electron chi connectivity index (χ1n) is 10.3. The molecule has 0 amide bonds. The van der Waals surface area contributed by atoms with E-state index in [1.807, 2.05) is 18.2 Å². The van der Waals surface area contributed by atoms with Crippen LogP contribution in [0.25, 0.3) is 11.0 Å². The molecule has 0 radical (unpaired) electrons. The Balaban J connectivity index is 1.75. The monoisotopic (exact) mass is 466 g/mol. The average Bonchev–Trinajstić information content (AvgIpc) is 2.77. The summed E-state index contributed by atoms with van der Waals surface area (Å²) < 4.78 is 20.6. The third kappa shape index (κ3) is 6.83. The number of benzene rings is 2. The highest BCUT2D eigenvalue weighted by Gasteiger charge is 2.25. The second-order valence-electron chi connectivity index (χ2n) is 7.23. The molecule has 176 valence electrons. The number of hydrogen-bond donors (Lipinski definition) is 0. The maximum atomic E-state index is 12.7. The summed E-state index contributed by atoms with van der Waals surface area (Å²) in [5.41, 5.74) is 2.26. The number of fused-ring (bicyclic) bond motifs is 1. The summed E-state index contributed by atoms with van der Waals surface area (Å²) in [6.45, 7) is 3.40. The number of ether oxygens (including phenoxy) is 4. The van der Waals surface area contributed by atoms with Crippen LogP contribution in [0, 0.1) is 0 Å². The molecule has 1 heterocycles. The largest absolute Gasteiger partial charge is 0.456 e. The molecule has 10 nitrogen and oxygen atoms in total. The van der Waals surface area contributed by atoms with E-state index in [1.165, 1.54) is 39.1 Å². The lowest BCUT2D eigenvalue weighted by Crippen LogP contribution is -2.30. The number of rotatable bonds is 8. The van der Waals surface area contributed by atoms with Crippen LogP contribution in [0.1, 0.15) is 32.0 Å². The van der Waals surface area contributed by atoms with E-state index in [0.717, 1.165) is 0 Å². The normalized spacial score (nSPS) is 11.4. The van der Waals surface area contributed by atoms with Gasteiger partial charge in [-0.1, -0.05) is 18.2 Å². The van der Waals surface area contributed by atoms with Gasteiger partial charge in [0.2, 0.25) is 6.10 Å². The molecular weight excluding hydrogens is 444 g/mol. The molecule has 34 heavy (non-hydrogen) atoms. The molecule has 1 atom stereocenters. The SMILES string of the molecule is CC(=O)Oc1ccc(C[C@@H](OC(C)=O)C(=O)OCc2cnc3ccccc3n2)cc1OC(C)=O. The molecule has 3 aromatic rings. The fraction of sp³-hybridized carbons (Fsp3) is 0.250. The number of para-hydroxylation sites is 2. The van der Waals surface area contributed by atoms with E-state index in [0.29, 0.717) is 22.3 Å². The number of hydrogen-bond acceptors (Lipinski definition) is 10. The third-order valence-electron chi connectivity index (χ3n) is 4.37. The van der Waals surface area contributed by atoms with E-state index in [9.17, 15) is 19.2 Å². The van der Waals surface area contributed by atoms with E-state index < -0.39 is 30.0 Å². The first-order chi connectivity index (χ1) is 16.2. The average molecular weight is 466 g/mol. The number of esters is 4. The van der Waals surface area contributed by atoms with Crippen molar-refractivity contribution in [2.45, 2.75) is 39.9 Å². The zero-order valence-electron chi connectivity index (χ0n) is 18.8. The molecule has 0 unspecified atom stereocenters. The first kappa shape index (κ1) is 24.3. The molecule has 0 fully saturated rings. The highest BCUT2D eigenvalue weighted by atomic mass is 16.6. The molecule has 0 bridgehead atoms. The van der Waals surface area contributed by atoms with Crippen molar-refractivity contribution < 1.29 is 38.1 Å². The van der Waals surface area contributed by atoms with Crippen molar-refractivity contribution in [3.05, 3.63) is 59.9 Å². The smallest absolute Gasteiger partial charge is 0.348 e. The van der Waals surface area contributed by atoms with Gasteiger partial charge in [0, 0.05) is 27.2 Å². The first-order valence-corrected chi connectivity index (χ1v) is 10.3. The van der Waals surface area contributed by atoms with Crippen molar-refractivity contribution >= 4 is 34.9 Å². The molecule has 0 aliphatic carbocycles. The molecule has 0 spiro atoms. The summed E-state index contributed by atoms with van der Waals surface area (Å²) in [7, 11) is 0. The third-order valence-corrected chi connectivity index (χ3v) is 4.37. The lowest BCUT2D eigenvalue weighted by Gasteiger charge is -2.17. The van der Waals surface area contributed by atoms with Gasteiger partial charge in [-0.2, -0.15) is 0 Å². The number of aromatic nitrogens is 2. The standard InChI is InChI=1S/C24H22N2O8/c1-14(27)32-21-9-8-17(10-22(21)33-15(2)28)11-23(34-16(3)29)24(30)31-13-18-12-25-19-6-4-5-7-20(19)26-18/h4-10,12,23H,11,13H2,1-3H3/t23-/m1/s1. The minimum absolute atomic E-state index is 0.0124. The molecule has 10 heteroatoms. The van der Waals surface area contributed by atoms with Gasteiger partial charge in [0.1, 0.15) is 6.61 Å². The van der Waals surface area contributed by atoms with Crippen LogP contribution in [0.5, 0.6) is 11.5 Å². The number of nitrogens with zero attached hydrogens (tertiary/aromatic N) is 2. The topological polar surface area (TPSA) is 131 Å². The van der Waals surface area contributed by atoms with Crippen LogP contribution in [0.4, 0.5) is 0 Å². The molecule has 2 aromatic carbocycles. The van der Waals surface area contributed by atoms with Gasteiger partial charge in [-0.05, 0) is 29.8 Å². The predicted molar refractivity (Wildman–Crippen MR) is 118 cm³/mol. The van der Waals surface area contributed by atoms with Crippen molar-refractivity contribution in [1.29, 1.82) is 0 Å². The lowest BCUT2D eigenvalue weighted by atomic mass is 10.1. The van der Waals surface area contributed by atoms with Crippen LogP contribution in [-0.2, 0) is 41.7 Å². The van der Waals surface area contributed by atoms with E-state index in [2.05, 4.69) is 9.97 Å². The van der Waals surface area contributed by atoms with E-state index in [1.54, 1.807) is 12.1 Å². The maximum Gasteiger partial charge on any atom is 0.348 e. The summed E-state index contributed by atoms with van der Waals surface area (Å²) in [4.78, 5) is 55.6. The van der Waals surface area contributed by atoms with Crippen LogP contribution >= 0.6 is 0 Å². The molecule has 0 N–H and O–H groups in total. The van der Waals surface area contributed by atoms with Gasteiger partial charge in [-0.3, -0.25) is 19.4 Å². The minimum atomic E-state index is -1.27. The second kappa shape index (κ2) is 11.0. The van der Waals surface area contributed by atoms with Crippen LogP contribution in [0.2, 0.25) is 0 Å². The Labute approximate surface area is 194 Å². The van der Waals surface area contributed by atoms with Gasteiger partial charge in [0.25, 0.3) is 0 Å². The molecule has 0 saturated heterocycles. The van der Waals surface area contributed by atoms with Gasteiger partial charge >= 0.3 is 23.9 Å². The van der Waals surface area contributed by atoms with Crippen LogP contribution < -0.4 is 9.47 Å². The Morgan fingerprint density at radius 2 is 1.53 bits per heavy atom. The van der Waals surface area contributed by atoms with Crippen molar-refractivity contribution in [3.8, 4) is 11.5 Å². The molecule has 3 rings (SSSR count). The Kier molecular flexibility index (Phi) is 7.86. The van der Waals surface area contributed by atoms with Gasteiger partial charge in [-0.15, -0.1) is 0 Å². The summed E-state index contributed by atoms with van der Waals surface area (Å²) in [6.07, 6.45) is 0.155. The van der Waals surface area contributed by atoms with Gasteiger partial charge in [0.05, 0.1) is 22.9 Å². The Morgan fingerprint density at radius 1 is 0.853 bits per heavy atom. The van der Waals surface area contributed by atoms with E-state index in [-0.39, 0.29) is 24.5 Å². The van der Waals surface area contributed by atoms with Crippen LogP contribution in [-0.4, -0.2) is 39.9 Å². The fourth-order valence-corrected chi connectivity index (χ4v) is 3.04. The van der Waals surface area contributed by atoms with Gasteiger partial charge in [0.15, 0.2) is 11.5 Å². The van der Waals surface area contributed by atoms with E-state index in [4.69, 9.17) is 18.9 Å². The molecular formula is C24H22N2O8. The molecule has 1 aromatic heterocycles. The zero-order chi connectivity index (χ0) is 24.7. The summed E-state index contributed by atoms with van der Waals surface area (Å²) in [5.74, 6) is -2.67. The lowest BCUT2D eigenvalue weighted by molar-refractivity contribution is -0.167. The highest BCUT2D eigenvalue weighted by Crippen LogP contribution is 2.29. The fourth-order valence-electron chi connectivity index (χ4n) is 3.04. The Morgan fingerprint density at radius 3 is 2.21 bits per heavy atom. The van der Waals surface area contributed by atoms with E-state index >= 15 is 0 Å². The maximum absolute atomic E-state index is 12.7. The highest BCUT2D eigenvalue weighted by molar-refractivity contribution is 5.79. The Bertz CT molecular complexity index is 1240. The van der Waals surface area contributed by atoms with Gasteiger partial charge in [-0.25, -0.2) is 9.78 Å². The zero-order valence-corrected chi connectivity index (χ0v) is 18.8. The molecule has 0 aliphatic rings. The summed E-state index contributed by atoms with van der Waals surface area (Å²) in [5, 5.41) is 0. The van der Waals surface area contributed by atoms with Crippen molar-refractivity contribution in [2.75, 3.05) is 0 Å². The molecule has 0 saturated carbocycles. The van der Waals surface area contributed by atoms with Gasteiger partial charge < -0.3 is 18.9 Å². The predicted octanol–water partition coefficient (Wildman–Crippen LogP) is 2.70. The Hall–Kier alpha value is -4.34. The number of carbonyl (C=O) groups is 4. The van der Waals surface area contributed by atoms with Crippen molar-refractivity contribution in [1.82, 2.24) is 9.97 Å². The molecule has 0 aliphatic heterocycles. The van der Waals surface area contributed by atoms with Crippen LogP contribution in [0.15, 0.2) is 48.7 Å². The summed E-state index contributed by atoms with van der Waals surface area (Å²) >= 11 is 0. The van der Waals surface area contributed by atoms with Crippen LogP contribution in [0.3, 0.4) is 0 Å². The quantitative estimate of drug-likeness (QED) is 0.361. The van der Waals surface area contributed by atoms with Crippen molar-refractivity contribution in [3.63, 3.8) is 0 Å². The van der Waals surface area contributed by atoms with Crippen molar-refractivity contribution in [2.24, 2.45) is 0 Å². The minimum Gasteiger partial charge on any atom is -0.456 e. The summed E-state index contributed by atoms with van der Waals surface area (Å²) in [6, 6.07) is 11.6.